The Kier molecular flexibility index (Phi) is 4.66. The maximum Gasteiger partial charge on any atom is 0.189 e. The quantitative estimate of drug-likeness (QED) is 0.201. The van der Waals surface area contributed by atoms with Crippen molar-refractivity contribution in [3.8, 4) is 44.5 Å². The Morgan fingerprint density at radius 2 is 1.26 bits per heavy atom. The lowest BCUT2D eigenvalue weighted by Gasteiger charge is -2.22. The van der Waals surface area contributed by atoms with Crippen LogP contribution in [0.4, 0.5) is 0 Å². The van der Waals surface area contributed by atoms with Crippen LogP contribution in [0.2, 0.25) is 0 Å². The van der Waals surface area contributed by atoms with Gasteiger partial charge in [0.05, 0.1) is 0 Å². The maximum absolute atomic E-state index is 13.0. The fourth-order valence-corrected chi connectivity index (χ4v) is 7.76. The zero-order valence-electron chi connectivity index (χ0n) is 23.7. The minimum absolute atomic E-state index is 0.0278. The summed E-state index contributed by atoms with van der Waals surface area (Å²) in [7, 11) is 0. The summed E-state index contributed by atoms with van der Waals surface area (Å²) in [5.74, 6) is 0.154. The number of hydrogen-bond acceptors (Lipinski definition) is 1. The SMILES string of the molecule is CC1(C)c2ccccc2-c2ccc(-c3ccc4c5c(cccc35)-c3cc(/C=C5\Cc6ccccc6C5=O)ccc3-4)cc21. The van der Waals surface area contributed by atoms with E-state index < -0.39 is 0 Å². The lowest BCUT2D eigenvalue weighted by Crippen LogP contribution is -2.14. The van der Waals surface area contributed by atoms with E-state index in [2.05, 4.69) is 117 Å². The predicted molar refractivity (Wildman–Crippen MR) is 174 cm³/mol. The van der Waals surface area contributed by atoms with Crippen molar-refractivity contribution >= 4 is 22.6 Å². The molecule has 0 fully saturated rings. The molecule has 0 spiro atoms. The summed E-state index contributed by atoms with van der Waals surface area (Å²) >= 11 is 0. The topological polar surface area (TPSA) is 17.1 Å². The van der Waals surface area contributed by atoms with E-state index in [1.807, 2.05) is 18.2 Å². The highest BCUT2D eigenvalue weighted by Crippen LogP contribution is 2.52. The molecule has 0 heterocycles. The van der Waals surface area contributed by atoms with E-state index in [0.29, 0.717) is 6.42 Å². The molecule has 0 saturated carbocycles. The second-order valence-corrected chi connectivity index (χ2v) is 12.5. The molecule has 0 aliphatic heterocycles. The van der Waals surface area contributed by atoms with E-state index in [-0.39, 0.29) is 11.2 Å². The number of hydrogen-bond donors (Lipinski definition) is 0. The van der Waals surface area contributed by atoms with Crippen LogP contribution in [-0.4, -0.2) is 5.78 Å². The van der Waals surface area contributed by atoms with Gasteiger partial charge in [-0.3, -0.25) is 4.79 Å². The van der Waals surface area contributed by atoms with E-state index in [1.165, 1.54) is 66.4 Å². The van der Waals surface area contributed by atoms with Crippen molar-refractivity contribution in [3.05, 3.63) is 149 Å². The van der Waals surface area contributed by atoms with Crippen LogP contribution in [0.3, 0.4) is 0 Å². The highest BCUT2D eigenvalue weighted by molar-refractivity contribution is 6.19. The number of ketones is 1. The summed E-state index contributed by atoms with van der Waals surface area (Å²) in [6.45, 7) is 4.69. The second-order valence-electron chi connectivity index (χ2n) is 12.5. The molecule has 42 heavy (non-hydrogen) atoms. The maximum atomic E-state index is 13.0. The second kappa shape index (κ2) is 8.27. The first kappa shape index (κ1) is 23.7. The largest absolute Gasteiger partial charge is 0.289 e. The summed E-state index contributed by atoms with van der Waals surface area (Å²) in [4.78, 5) is 13.0. The molecule has 3 aliphatic carbocycles. The third-order valence-electron chi connectivity index (χ3n) is 9.83. The van der Waals surface area contributed by atoms with E-state index >= 15 is 0 Å². The molecule has 0 amide bonds. The van der Waals surface area contributed by atoms with E-state index in [0.717, 1.165) is 22.3 Å². The van der Waals surface area contributed by atoms with Gasteiger partial charge in [0.2, 0.25) is 0 Å². The average Bonchev–Trinajstić information content (AvgIpc) is 3.59. The first-order valence-corrected chi connectivity index (χ1v) is 14.8. The molecule has 0 atom stereocenters. The molecular formula is C41H28O. The molecular weight excluding hydrogens is 508 g/mol. The van der Waals surface area contributed by atoms with Crippen molar-refractivity contribution in [3.63, 3.8) is 0 Å². The van der Waals surface area contributed by atoms with Crippen LogP contribution in [0.1, 0.15) is 46.5 Å². The third-order valence-corrected chi connectivity index (χ3v) is 9.83. The van der Waals surface area contributed by atoms with Gasteiger partial charge in [0, 0.05) is 23.0 Å². The molecule has 198 valence electrons. The Bertz CT molecular complexity index is 2210. The third kappa shape index (κ3) is 3.11. The highest BCUT2D eigenvalue weighted by atomic mass is 16.1. The number of allylic oxidation sites excluding steroid dienone is 1. The minimum Gasteiger partial charge on any atom is -0.289 e. The molecule has 0 aromatic heterocycles. The molecule has 1 heteroatoms. The molecule has 9 rings (SSSR count). The van der Waals surface area contributed by atoms with Gasteiger partial charge in [-0.25, -0.2) is 0 Å². The molecule has 6 aromatic rings. The average molecular weight is 537 g/mol. The van der Waals surface area contributed by atoms with Gasteiger partial charge in [0.1, 0.15) is 0 Å². The number of carbonyl (C=O) groups is 1. The van der Waals surface area contributed by atoms with E-state index in [1.54, 1.807) is 0 Å². The van der Waals surface area contributed by atoms with Crippen molar-refractivity contribution in [2.24, 2.45) is 0 Å². The summed E-state index contributed by atoms with van der Waals surface area (Å²) in [5.41, 5.74) is 17.0. The molecule has 0 unspecified atom stereocenters. The first-order chi connectivity index (χ1) is 20.5. The Hall–Kier alpha value is -5.01. The normalized spacial score (nSPS) is 16.0. The van der Waals surface area contributed by atoms with Crippen LogP contribution < -0.4 is 0 Å². The van der Waals surface area contributed by atoms with Crippen molar-refractivity contribution in [2.45, 2.75) is 25.7 Å². The Morgan fingerprint density at radius 1 is 0.571 bits per heavy atom. The van der Waals surface area contributed by atoms with Gasteiger partial charge >= 0.3 is 0 Å². The molecule has 1 nitrogen and oxygen atoms in total. The van der Waals surface area contributed by atoms with Crippen LogP contribution in [0.5, 0.6) is 0 Å². The van der Waals surface area contributed by atoms with Gasteiger partial charge in [-0.2, -0.15) is 0 Å². The first-order valence-electron chi connectivity index (χ1n) is 14.8. The van der Waals surface area contributed by atoms with Gasteiger partial charge < -0.3 is 0 Å². The van der Waals surface area contributed by atoms with Crippen molar-refractivity contribution < 1.29 is 4.79 Å². The number of fused-ring (bicyclic) bond motifs is 7. The van der Waals surface area contributed by atoms with Crippen LogP contribution >= 0.6 is 0 Å². The van der Waals surface area contributed by atoms with Crippen LogP contribution in [-0.2, 0) is 11.8 Å². The number of Topliss-reactive ketones (excluding diaryl/α,β-unsaturated/α-hetero) is 1. The number of benzene rings is 6. The van der Waals surface area contributed by atoms with E-state index in [4.69, 9.17) is 0 Å². The predicted octanol–water partition coefficient (Wildman–Crippen LogP) is 10.3. The minimum atomic E-state index is -0.0278. The van der Waals surface area contributed by atoms with Crippen molar-refractivity contribution in [1.29, 1.82) is 0 Å². The number of rotatable bonds is 2. The van der Waals surface area contributed by atoms with E-state index in [9.17, 15) is 4.79 Å². The van der Waals surface area contributed by atoms with Gasteiger partial charge in [0.15, 0.2) is 5.78 Å². The van der Waals surface area contributed by atoms with Gasteiger partial charge in [-0.15, -0.1) is 0 Å². The monoisotopic (exact) mass is 536 g/mol. The van der Waals surface area contributed by atoms with Crippen molar-refractivity contribution in [2.75, 3.05) is 0 Å². The number of carbonyl (C=O) groups excluding carboxylic acids is 1. The van der Waals surface area contributed by atoms with Gasteiger partial charge in [0.25, 0.3) is 0 Å². The lowest BCUT2D eigenvalue weighted by atomic mass is 9.81. The molecule has 0 radical (unpaired) electrons. The summed E-state index contributed by atoms with van der Waals surface area (Å²) < 4.78 is 0. The zero-order chi connectivity index (χ0) is 28.2. The summed E-state index contributed by atoms with van der Waals surface area (Å²) in [5, 5.41) is 2.61. The highest BCUT2D eigenvalue weighted by Gasteiger charge is 2.35. The Balaban J connectivity index is 1.15. The van der Waals surface area contributed by atoms with Crippen LogP contribution in [0, 0.1) is 0 Å². The Labute approximate surface area is 245 Å². The van der Waals surface area contributed by atoms with Gasteiger partial charge in [-0.1, -0.05) is 117 Å². The Morgan fingerprint density at radius 3 is 2.14 bits per heavy atom. The summed E-state index contributed by atoms with van der Waals surface area (Å²) in [6.07, 6.45) is 2.79. The van der Waals surface area contributed by atoms with Crippen LogP contribution in [0.25, 0.3) is 61.4 Å². The fourth-order valence-electron chi connectivity index (χ4n) is 7.76. The zero-order valence-corrected chi connectivity index (χ0v) is 23.7. The molecule has 6 aromatic carbocycles. The standard InChI is InChI=1S/C41H28O/c1-41(2)37-13-6-5-10-31(37)32-17-15-26(23-38(32)41)28-18-19-35-30-16-14-24(21-36(30)34-12-7-11-33(28)39(34)35)20-27-22-25-8-3-4-9-29(25)40(27)42/h3-21,23H,22H2,1-2H3/b27-20+. The molecule has 0 saturated heterocycles. The molecule has 0 bridgehead atoms. The lowest BCUT2D eigenvalue weighted by molar-refractivity contribution is 0.104. The smallest absolute Gasteiger partial charge is 0.189 e. The van der Waals surface area contributed by atoms with Crippen molar-refractivity contribution in [1.82, 2.24) is 0 Å². The molecule has 3 aliphatic rings. The molecule has 0 N–H and O–H groups in total. The van der Waals surface area contributed by atoms with Gasteiger partial charge in [-0.05, 0) is 95.7 Å². The fraction of sp³-hybridized carbons (Fsp3) is 0.0976. The van der Waals surface area contributed by atoms with Crippen LogP contribution in [0.15, 0.2) is 121 Å². The summed E-state index contributed by atoms with van der Waals surface area (Å²) in [6, 6.07) is 41.8.